The van der Waals surface area contributed by atoms with Gasteiger partial charge in [0.1, 0.15) is 0 Å². The number of rotatable bonds is 11. The van der Waals surface area contributed by atoms with Gasteiger partial charge in [-0.25, -0.2) is 0 Å². The number of halogens is 18. The molecule has 0 aliphatic carbocycles. The van der Waals surface area contributed by atoms with Crippen LogP contribution in [0.4, 0.5) is 74.6 Å². The van der Waals surface area contributed by atoms with Crippen LogP contribution in [-0.2, 0) is 12.6 Å². The molecule has 0 unspecified atom stereocenters. The van der Waals surface area contributed by atoms with Crippen LogP contribution in [0.3, 0.4) is 0 Å². The molecule has 46 heavy (non-hydrogen) atoms. The van der Waals surface area contributed by atoms with Crippen LogP contribution in [0.2, 0.25) is 0 Å². The third-order valence-electron chi connectivity index (χ3n) is 6.49. The van der Waals surface area contributed by atoms with E-state index in [0.717, 1.165) is 24.3 Å². The van der Waals surface area contributed by atoms with E-state index in [1.54, 1.807) is 0 Å². The van der Waals surface area contributed by atoms with Gasteiger partial charge in [-0.15, -0.1) is 0 Å². The molecule has 0 spiro atoms. The number of benzene rings is 2. The zero-order chi connectivity index (χ0) is 36.5. The third-order valence-corrected chi connectivity index (χ3v) is 13.8. The Morgan fingerprint density at radius 1 is 0.478 bits per heavy atom. The molecule has 0 saturated heterocycles. The Labute approximate surface area is 256 Å². The van der Waals surface area contributed by atoms with Crippen molar-refractivity contribution in [3.8, 4) is 0 Å². The molecule has 0 aliphatic rings. The van der Waals surface area contributed by atoms with Crippen molar-refractivity contribution in [2.45, 2.75) is 74.7 Å². The molecule has 0 heterocycles. The summed E-state index contributed by atoms with van der Waals surface area (Å²) in [5.74, 6) is -52.1. The van der Waals surface area contributed by atoms with Crippen LogP contribution in [0.1, 0.15) is 22.3 Å². The first-order valence-corrected chi connectivity index (χ1v) is 16.1. The van der Waals surface area contributed by atoms with E-state index in [1.807, 2.05) is 0 Å². The molecule has 0 fully saturated rings. The number of alkyl halides is 17. The summed E-state index contributed by atoms with van der Waals surface area (Å²) in [4.78, 5) is 0. The summed E-state index contributed by atoms with van der Waals surface area (Å²) in [6.07, 6.45) is -7.90. The fraction of sp³-hybridized carbons (Fsp3) is 0.500. The predicted molar refractivity (Wildman–Crippen MR) is 134 cm³/mol. The van der Waals surface area contributed by atoms with E-state index in [9.17, 15) is 83.1 Å². The Balaban J connectivity index is 2.75. The molecular weight excluding hydrogens is 818 g/mol. The van der Waals surface area contributed by atoms with Crippen molar-refractivity contribution in [1.82, 2.24) is 0 Å². The fourth-order valence-corrected chi connectivity index (χ4v) is 10.7. The Morgan fingerprint density at radius 3 is 1.09 bits per heavy atom. The quantitative estimate of drug-likeness (QED) is 0.167. The summed E-state index contributed by atoms with van der Waals surface area (Å²) >= 11 is -4.61. The zero-order valence-electron chi connectivity index (χ0n) is 22.9. The molecule has 0 bridgehead atoms. The van der Waals surface area contributed by atoms with E-state index in [2.05, 4.69) is 2.51 Å². The second kappa shape index (κ2) is 11.8. The summed E-state index contributed by atoms with van der Waals surface area (Å²) in [5, 5.41) is -7.75. The van der Waals surface area contributed by atoms with Crippen molar-refractivity contribution in [2.75, 3.05) is 0 Å². The summed E-state index contributed by atoms with van der Waals surface area (Å²) in [5.41, 5.74) is 1.56. The van der Waals surface area contributed by atoms with Gasteiger partial charge >= 0.3 is 256 Å². The van der Waals surface area contributed by atoms with E-state index in [0.29, 0.717) is 22.3 Å². The Kier molecular flexibility index (Phi) is 10.3. The monoisotopic (exact) mass is 836 g/mol. The summed E-state index contributed by atoms with van der Waals surface area (Å²) < 4.78 is 261. The van der Waals surface area contributed by atoms with Crippen LogP contribution in [0.5, 0.6) is 0 Å². The molecule has 0 radical (unpaired) electrons. The van der Waals surface area contributed by atoms with Crippen LogP contribution in [-0.4, -0.2) is 55.4 Å². The predicted octanol–water partition coefficient (Wildman–Crippen LogP) is 9.69. The van der Waals surface area contributed by atoms with Gasteiger partial charge in [0.2, 0.25) is 0 Å². The number of hydrogen-bond donors (Lipinski definition) is 0. The molecule has 3 nitrogen and oxygen atoms in total. The average molecular weight is 836 g/mol. The maximum absolute atomic E-state index is 14.8. The van der Waals surface area contributed by atoms with Gasteiger partial charge in [-0.1, -0.05) is 0 Å². The van der Waals surface area contributed by atoms with Crippen molar-refractivity contribution in [2.24, 2.45) is 0 Å². The van der Waals surface area contributed by atoms with Gasteiger partial charge in [-0.3, -0.25) is 0 Å². The Hall–Kier alpha value is -2.11. The minimum atomic E-state index is -8.92. The van der Waals surface area contributed by atoms with E-state index < -0.39 is 77.3 Å². The van der Waals surface area contributed by atoms with Gasteiger partial charge in [-0.05, 0) is 0 Å². The van der Waals surface area contributed by atoms with E-state index in [-0.39, 0.29) is 7.14 Å². The molecular formula is C24H18F17IO3S. The standard InChI is InChI=1S/C24H18F17IO3S/c1-11-5-7-15(9-13(11)3)42(16-8-6-12(2)14(4)10-16)45-46(43,44)24(40,41)22(35,36)20(31,32)18(27,28)17(25,26)19(29,30)21(33,34)23(37,38)39/h5-10H,1-4H3. The van der Waals surface area contributed by atoms with Gasteiger partial charge in [0.25, 0.3) is 0 Å². The minimum absolute atomic E-state index is 0.298. The summed E-state index contributed by atoms with van der Waals surface area (Å²) in [6.45, 7) is 5.75. The molecule has 0 aliphatic heterocycles. The van der Waals surface area contributed by atoms with Crippen molar-refractivity contribution >= 4 is 30.4 Å². The van der Waals surface area contributed by atoms with Crippen molar-refractivity contribution < 1.29 is 85.6 Å². The van der Waals surface area contributed by atoms with Gasteiger partial charge in [0, 0.05) is 0 Å². The number of aryl methyl sites for hydroxylation is 4. The summed E-state index contributed by atoms with van der Waals surface area (Å²) in [7, 11) is -7.72. The molecule has 0 aromatic heterocycles. The van der Waals surface area contributed by atoms with Crippen LogP contribution in [0, 0.1) is 34.8 Å². The third kappa shape index (κ3) is 5.91. The average Bonchev–Trinajstić information content (AvgIpc) is 2.89. The molecule has 2 aromatic carbocycles. The van der Waals surface area contributed by atoms with Crippen LogP contribution in [0.15, 0.2) is 36.4 Å². The van der Waals surface area contributed by atoms with E-state index >= 15 is 0 Å². The molecule has 0 amide bonds. The first-order valence-electron chi connectivity index (χ1n) is 11.7. The number of hydrogen-bond acceptors (Lipinski definition) is 3. The second-order valence-corrected chi connectivity index (χ2v) is 16.2. The fourth-order valence-electron chi connectivity index (χ4n) is 3.25. The summed E-state index contributed by atoms with van der Waals surface area (Å²) in [6, 6.07) is 6.72. The first kappa shape index (κ1) is 40.1. The van der Waals surface area contributed by atoms with Gasteiger partial charge < -0.3 is 0 Å². The second-order valence-electron chi connectivity index (χ2n) is 9.68. The van der Waals surface area contributed by atoms with E-state index in [1.165, 1.54) is 39.8 Å². The van der Waals surface area contributed by atoms with Gasteiger partial charge in [0.15, 0.2) is 0 Å². The molecule has 2 aromatic rings. The van der Waals surface area contributed by atoms with Crippen molar-refractivity contribution in [3.63, 3.8) is 0 Å². The molecule has 0 N–H and O–H groups in total. The van der Waals surface area contributed by atoms with Crippen LogP contribution in [0.25, 0.3) is 0 Å². The molecule has 264 valence electrons. The maximum atomic E-state index is 14.8. The molecule has 22 heteroatoms. The van der Waals surface area contributed by atoms with Gasteiger partial charge in [-0.2, -0.15) is 0 Å². The normalized spacial score (nSPS) is 15.3. The zero-order valence-corrected chi connectivity index (χ0v) is 25.9. The van der Waals surface area contributed by atoms with Crippen molar-refractivity contribution in [1.29, 1.82) is 0 Å². The topological polar surface area (TPSA) is 43.4 Å². The van der Waals surface area contributed by atoms with Crippen LogP contribution >= 0.6 is 20.2 Å². The first-order chi connectivity index (χ1) is 20.2. The Bertz CT molecular complexity index is 1520. The SMILES string of the molecule is Cc1ccc(I(OS(=O)(=O)C(F)(F)C(F)(F)C(F)(F)C(F)(F)C(F)(F)C(F)(F)C(F)(F)C(F)(F)F)c2ccc(C)c(C)c2)cc1C. The molecule has 0 saturated carbocycles. The molecule has 2 rings (SSSR count). The Morgan fingerprint density at radius 2 is 0.783 bits per heavy atom. The molecule has 0 atom stereocenters. The van der Waals surface area contributed by atoms with Crippen molar-refractivity contribution in [3.05, 3.63) is 65.8 Å². The van der Waals surface area contributed by atoms with Gasteiger partial charge in [0.05, 0.1) is 0 Å². The van der Waals surface area contributed by atoms with E-state index in [4.69, 9.17) is 0 Å². The van der Waals surface area contributed by atoms with Crippen LogP contribution < -0.4 is 0 Å².